The summed E-state index contributed by atoms with van der Waals surface area (Å²) in [7, 11) is 0. The molecular weight excluding hydrogens is 354 g/mol. The Morgan fingerprint density at radius 3 is 2.52 bits per heavy atom. The Morgan fingerprint density at radius 2 is 1.86 bits per heavy atom. The molecule has 0 unspecified atom stereocenters. The molecule has 1 aromatic rings. The molecule has 0 radical (unpaired) electrons. The van der Waals surface area contributed by atoms with Gasteiger partial charge in [0.05, 0.1) is 11.1 Å². The largest absolute Gasteiger partial charge is 0.274 e. The van der Waals surface area contributed by atoms with Gasteiger partial charge in [0.15, 0.2) is 0 Å². The molecule has 112 valence electrons. The van der Waals surface area contributed by atoms with Crippen LogP contribution in [-0.4, -0.2) is 11.8 Å². The first-order valence-corrected chi connectivity index (χ1v) is 8.45. The van der Waals surface area contributed by atoms with Crippen LogP contribution in [0.2, 0.25) is 5.02 Å². The van der Waals surface area contributed by atoms with E-state index in [1.54, 1.807) is 6.07 Å². The molecule has 0 bridgehead atoms. The second-order valence-corrected chi connectivity index (χ2v) is 7.37. The van der Waals surface area contributed by atoms with Crippen molar-refractivity contribution in [2.45, 2.75) is 45.4 Å². The summed E-state index contributed by atoms with van der Waals surface area (Å²) in [6.07, 6.45) is 5.20. The number of anilines is 1. The maximum absolute atomic E-state index is 12.9. The first-order chi connectivity index (χ1) is 9.94. The monoisotopic (exact) mass is 369 g/mol. The number of amides is 2. The van der Waals surface area contributed by atoms with Crippen molar-refractivity contribution in [3.05, 3.63) is 27.2 Å². The van der Waals surface area contributed by atoms with Gasteiger partial charge in [0, 0.05) is 15.9 Å². The number of hydrogen-bond acceptors (Lipinski definition) is 2. The number of halogens is 2. The Labute approximate surface area is 137 Å². The molecule has 0 aromatic heterocycles. The molecule has 1 aliphatic carbocycles. The van der Waals surface area contributed by atoms with E-state index >= 15 is 0 Å². The lowest BCUT2D eigenvalue weighted by atomic mass is 9.73. The number of hydrogen-bond donors (Lipinski definition) is 0. The summed E-state index contributed by atoms with van der Waals surface area (Å²) in [5, 5.41) is 0.568. The van der Waals surface area contributed by atoms with Crippen molar-refractivity contribution in [2.75, 3.05) is 4.90 Å². The number of imide groups is 1. The maximum Gasteiger partial charge on any atom is 0.240 e. The molecule has 1 spiro atoms. The number of nitrogens with zero attached hydrogens (tertiary/aromatic N) is 1. The van der Waals surface area contributed by atoms with Crippen LogP contribution in [0.25, 0.3) is 0 Å². The Morgan fingerprint density at radius 1 is 1.19 bits per heavy atom. The molecule has 1 aromatic carbocycles. The van der Waals surface area contributed by atoms with Gasteiger partial charge in [-0.15, -0.1) is 0 Å². The van der Waals surface area contributed by atoms with E-state index in [0.29, 0.717) is 17.1 Å². The molecule has 0 atom stereocenters. The van der Waals surface area contributed by atoms with Gasteiger partial charge in [-0.2, -0.15) is 0 Å². The molecule has 1 aliphatic heterocycles. The van der Waals surface area contributed by atoms with Gasteiger partial charge in [0.2, 0.25) is 11.8 Å². The molecule has 2 amide bonds. The molecule has 1 saturated carbocycles. The zero-order valence-electron chi connectivity index (χ0n) is 11.9. The van der Waals surface area contributed by atoms with E-state index in [4.69, 9.17) is 11.6 Å². The smallest absolute Gasteiger partial charge is 0.240 e. The van der Waals surface area contributed by atoms with Crippen molar-refractivity contribution in [1.82, 2.24) is 0 Å². The summed E-state index contributed by atoms with van der Waals surface area (Å²) >= 11 is 9.62. The highest BCUT2D eigenvalue weighted by atomic mass is 79.9. The van der Waals surface area contributed by atoms with E-state index in [9.17, 15) is 9.59 Å². The van der Waals surface area contributed by atoms with Gasteiger partial charge in [-0.25, -0.2) is 4.90 Å². The van der Waals surface area contributed by atoms with E-state index < -0.39 is 5.41 Å². The summed E-state index contributed by atoms with van der Waals surface area (Å²) in [6, 6.07) is 3.56. The quantitative estimate of drug-likeness (QED) is 0.676. The third kappa shape index (κ3) is 2.42. The summed E-state index contributed by atoms with van der Waals surface area (Å²) in [4.78, 5) is 26.7. The van der Waals surface area contributed by atoms with E-state index in [1.807, 2.05) is 13.0 Å². The van der Waals surface area contributed by atoms with Gasteiger partial charge >= 0.3 is 0 Å². The number of carbonyl (C=O) groups excluding carboxylic acids is 2. The van der Waals surface area contributed by atoms with Crippen molar-refractivity contribution < 1.29 is 9.59 Å². The van der Waals surface area contributed by atoms with Crippen LogP contribution < -0.4 is 4.90 Å². The van der Waals surface area contributed by atoms with Gasteiger partial charge in [-0.05, 0) is 53.4 Å². The van der Waals surface area contributed by atoms with Gasteiger partial charge in [-0.1, -0.05) is 30.9 Å². The molecule has 5 heteroatoms. The van der Waals surface area contributed by atoms with Gasteiger partial charge in [0.1, 0.15) is 0 Å². The highest BCUT2D eigenvalue weighted by Crippen LogP contribution is 2.48. The fourth-order valence-electron chi connectivity index (χ4n) is 3.46. The minimum atomic E-state index is -0.466. The second-order valence-electron chi connectivity index (χ2n) is 6.10. The van der Waals surface area contributed by atoms with E-state index in [1.165, 1.54) is 4.90 Å². The number of rotatable bonds is 1. The van der Waals surface area contributed by atoms with Gasteiger partial charge in [-0.3, -0.25) is 9.59 Å². The van der Waals surface area contributed by atoms with Crippen LogP contribution >= 0.6 is 27.5 Å². The fourth-order valence-corrected chi connectivity index (χ4v) is 4.26. The lowest BCUT2D eigenvalue weighted by molar-refractivity contribution is -0.127. The topological polar surface area (TPSA) is 37.4 Å². The van der Waals surface area contributed by atoms with Crippen molar-refractivity contribution >= 4 is 45.0 Å². The Kier molecular flexibility index (Phi) is 3.87. The SMILES string of the molecule is Cc1cc(Br)c(N2C(=O)CC3(CCCCC3)C2=O)cc1Cl. The summed E-state index contributed by atoms with van der Waals surface area (Å²) in [6.45, 7) is 1.90. The normalized spacial score (nSPS) is 21.4. The molecule has 1 heterocycles. The van der Waals surface area contributed by atoms with Crippen LogP contribution in [0.15, 0.2) is 16.6 Å². The average Bonchev–Trinajstić information content (AvgIpc) is 2.67. The van der Waals surface area contributed by atoms with Crippen LogP contribution in [0, 0.1) is 12.3 Å². The van der Waals surface area contributed by atoms with Crippen LogP contribution in [0.4, 0.5) is 5.69 Å². The van der Waals surface area contributed by atoms with E-state index in [2.05, 4.69) is 15.9 Å². The Hall–Kier alpha value is -0.870. The highest BCUT2D eigenvalue weighted by molar-refractivity contribution is 9.10. The molecule has 2 aliphatic rings. The third-order valence-electron chi connectivity index (χ3n) is 4.68. The first-order valence-electron chi connectivity index (χ1n) is 7.28. The fraction of sp³-hybridized carbons (Fsp3) is 0.500. The minimum Gasteiger partial charge on any atom is -0.274 e. The maximum atomic E-state index is 12.9. The third-order valence-corrected chi connectivity index (χ3v) is 5.72. The van der Waals surface area contributed by atoms with Crippen molar-refractivity contribution in [3.63, 3.8) is 0 Å². The van der Waals surface area contributed by atoms with Crippen LogP contribution in [0.3, 0.4) is 0 Å². The van der Waals surface area contributed by atoms with Crippen LogP contribution in [0.5, 0.6) is 0 Å². The van der Waals surface area contributed by atoms with Crippen molar-refractivity contribution in [2.24, 2.45) is 5.41 Å². The number of aryl methyl sites for hydroxylation is 1. The molecule has 0 N–H and O–H groups in total. The standard InChI is InChI=1S/C16H17BrClNO2/c1-10-7-11(17)13(8-12(10)18)19-14(20)9-16(15(19)21)5-3-2-4-6-16/h7-8H,2-6,9H2,1H3. The number of carbonyl (C=O) groups is 2. The summed E-state index contributed by atoms with van der Waals surface area (Å²) in [5.74, 6) is -0.157. The molecule has 2 fully saturated rings. The minimum absolute atomic E-state index is 0.0483. The predicted octanol–water partition coefficient (Wildman–Crippen LogP) is 4.62. The Bertz CT molecular complexity index is 623. The summed E-state index contributed by atoms with van der Waals surface area (Å²) < 4.78 is 0.735. The summed E-state index contributed by atoms with van der Waals surface area (Å²) in [5.41, 5.74) is 1.02. The van der Waals surface area contributed by atoms with Gasteiger partial charge < -0.3 is 0 Å². The molecular formula is C16H17BrClNO2. The molecule has 1 saturated heterocycles. The lowest BCUT2D eigenvalue weighted by Gasteiger charge is -2.30. The average molecular weight is 371 g/mol. The molecule has 3 rings (SSSR count). The second kappa shape index (κ2) is 5.40. The highest BCUT2D eigenvalue weighted by Gasteiger charge is 2.52. The van der Waals surface area contributed by atoms with Gasteiger partial charge in [0.25, 0.3) is 0 Å². The van der Waals surface area contributed by atoms with Crippen molar-refractivity contribution in [3.8, 4) is 0 Å². The van der Waals surface area contributed by atoms with Crippen LogP contribution in [0.1, 0.15) is 44.1 Å². The number of benzene rings is 1. The Balaban J connectivity index is 2.01. The molecule has 21 heavy (non-hydrogen) atoms. The predicted molar refractivity (Wildman–Crippen MR) is 86.5 cm³/mol. The zero-order valence-corrected chi connectivity index (χ0v) is 14.3. The zero-order chi connectivity index (χ0) is 15.2. The van der Waals surface area contributed by atoms with E-state index in [0.717, 1.165) is 42.1 Å². The lowest BCUT2D eigenvalue weighted by Crippen LogP contribution is -2.37. The van der Waals surface area contributed by atoms with Crippen LogP contribution in [-0.2, 0) is 9.59 Å². The first kappa shape index (κ1) is 15.0. The molecule has 3 nitrogen and oxygen atoms in total. The van der Waals surface area contributed by atoms with Crippen molar-refractivity contribution in [1.29, 1.82) is 0 Å². The van der Waals surface area contributed by atoms with E-state index in [-0.39, 0.29) is 11.8 Å².